The summed E-state index contributed by atoms with van der Waals surface area (Å²) in [5, 5.41) is 14.5. The van der Waals surface area contributed by atoms with Gasteiger partial charge in [0.15, 0.2) is 0 Å². The van der Waals surface area contributed by atoms with Gasteiger partial charge in [-0.25, -0.2) is 4.68 Å². The smallest absolute Gasteiger partial charge is 0.217 e. The molecule has 1 aromatic heterocycles. The van der Waals surface area contributed by atoms with Gasteiger partial charge in [0.1, 0.15) is 0 Å². The van der Waals surface area contributed by atoms with Crippen LogP contribution in [0.1, 0.15) is 31.0 Å². The number of aromatic hydroxyl groups is 1. The van der Waals surface area contributed by atoms with Crippen LogP contribution >= 0.6 is 0 Å². The average molecular weight is 216 g/mol. The second-order valence-electron chi connectivity index (χ2n) is 4.22. The lowest BCUT2D eigenvalue weighted by atomic mass is 10.0. The quantitative estimate of drug-likeness (QED) is 0.838. The summed E-state index contributed by atoms with van der Waals surface area (Å²) in [6, 6.07) is 9.66. The standard InChI is InChI=1S/C13H16N2O/c1-9(2)12-10(3)14-15(13(12)16)11-7-5-4-6-8-11/h4-9,16H,1-3H3. The van der Waals surface area contributed by atoms with E-state index in [4.69, 9.17) is 0 Å². The third kappa shape index (κ3) is 1.69. The number of hydrogen-bond acceptors (Lipinski definition) is 2. The van der Waals surface area contributed by atoms with E-state index in [1.54, 1.807) is 4.68 Å². The SMILES string of the molecule is Cc1nn(-c2ccccc2)c(O)c1C(C)C. The molecule has 0 radical (unpaired) electrons. The van der Waals surface area contributed by atoms with Crippen LogP contribution in [-0.4, -0.2) is 14.9 Å². The highest BCUT2D eigenvalue weighted by atomic mass is 16.3. The molecule has 1 heterocycles. The van der Waals surface area contributed by atoms with E-state index >= 15 is 0 Å². The van der Waals surface area contributed by atoms with Gasteiger partial charge in [-0.3, -0.25) is 0 Å². The molecule has 0 unspecified atom stereocenters. The molecular weight excluding hydrogens is 200 g/mol. The molecule has 0 saturated heterocycles. The van der Waals surface area contributed by atoms with Gasteiger partial charge < -0.3 is 5.11 Å². The van der Waals surface area contributed by atoms with Crippen molar-refractivity contribution in [1.29, 1.82) is 0 Å². The summed E-state index contributed by atoms with van der Waals surface area (Å²) in [6.45, 7) is 6.03. The minimum absolute atomic E-state index is 0.249. The van der Waals surface area contributed by atoms with Crippen LogP contribution in [0, 0.1) is 6.92 Å². The predicted octanol–water partition coefficient (Wildman–Crippen LogP) is 3.01. The molecule has 0 saturated carbocycles. The van der Waals surface area contributed by atoms with Crippen LogP contribution in [0.2, 0.25) is 0 Å². The summed E-state index contributed by atoms with van der Waals surface area (Å²) in [5.74, 6) is 0.524. The molecule has 0 bridgehead atoms. The van der Waals surface area contributed by atoms with Gasteiger partial charge in [-0.05, 0) is 25.0 Å². The first-order valence-electron chi connectivity index (χ1n) is 5.45. The van der Waals surface area contributed by atoms with E-state index in [-0.39, 0.29) is 11.8 Å². The van der Waals surface area contributed by atoms with Crippen molar-refractivity contribution < 1.29 is 5.11 Å². The molecule has 0 fully saturated rings. The molecule has 16 heavy (non-hydrogen) atoms. The molecule has 3 heteroatoms. The third-order valence-electron chi connectivity index (χ3n) is 2.66. The minimum Gasteiger partial charge on any atom is -0.493 e. The summed E-state index contributed by atoms with van der Waals surface area (Å²) in [7, 11) is 0. The second kappa shape index (κ2) is 4.00. The Bertz CT molecular complexity index is 486. The summed E-state index contributed by atoms with van der Waals surface area (Å²) in [5.41, 5.74) is 2.69. The number of aromatic nitrogens is 2. The highest BCUT2D eigenvalue weighted by Gasteiger charge is 2.17. The van der Waals surface area contributed by atoms with E-state index in [9.17, 15) is 5.11 Å². The van der Waals surface area contributed by atoms with Crippen LogP contribution in [0.5, 0.6) is 5.88 Å². The van der Waals surface area contributed by atoms with Gasteiger partial charge in [-0.1, -0.05) is 32.0 Å². The Balaban J connectivity index is 2.56. The van der Waals surface area contributed by atoms with Crippen molar-refractivity contribution in [3.8, 4) is 11.6 Å². The highest BCUT2D eigenvalue weighted by Crippen LogP contribution is 2.30. The number of nitrogens with zero attached hydrogens (tertiary/aromatic N) is 2. The Labute approximate surface area is 95.3 Å². The summed E-state index contributed by atoms with van der Waals surface area (Å²) >= 11 is 0. The molecular formula is C13H16N2O. The maximum Gasteiger partial charge on any atom is 0.217 e. The van der Waals surface area contributed by atoms with E-state index in [2.05, 4.69) is 18.9 Å². The Morgan fingerprint density at radius 3 is 2.31 bits per heavy atom. The first-order valence-corrected chi connectivity index (χ1v) is 5.45. The van der Waals surface area contributed by atoms with E-state index in [1.807, 2.05) is 37.3 Å². The molecule has 3 nitrogen and oxygen atoms in total. The molecule has 0 amide bonds. The van der Waals surface area contributed by atoms with Crippen LogP contribution in [0.4, 0.5) is 0 Å². The molecule has 2 rings (SSSR count). The van der Waals surface area contributed by atoms with Gasteiger partial charge in [0.25, 0.3) is 0 Å². The number of aryl methyl sites for hydroxylation is 1. The predicted molar refractivity (Wildman–Crippen MR) is 64.1 cm³/mol. The van der Waals surface area contributed by atoms with Gasteiger partial charge in [0.05, 0.1) is 11.4 Å². The van der Waals surface area contributed by atoms with Crippen molar-refractivity contribution in [3.63, 3.8) is 0 Å². The molecule has 0 atom stereocenters. The van der Waals surface area contributed by atoms with Gasteiger partial charge in [0.2, 0.25) is 5.88 Å². The fourth-order valence-corrected chi connectivity index (χ4v) is 1.95. The Morgan fingerprint density at radius 2 is 1.81 bits per heavy atom. The molecule has 1 N–H and O–H groups in total. The van der Waals surface area contributed by atoms with E-state index < -0.39 is 0 Å². The lowest BCUT2D eigenvalue weighted by Crippen LogP contribution is -1.95. The molecule has 1 aromatic carbocycles. The lowest BCUT2D eigenvalue weighted by molar-refractivity contribution is 0.425. The first-order chi connectivity index (χ1) is 7.61. The average Bonchev–Trinajstić information content (AvgIpc) is 2.55. The van der Waals surface area contributed by atoms with Crippen LogP contribution in [0.3, 0.4) is 0 Å². The first kappa shape index (κ1) is 10.7. The van der Waals surface area contributed by atoms with Gasteiger partial charge in [0, 0.05) is 5.56 Å². The molecule has 2 aromatic rings. The topological polar surface area (TPSA) is 38.0 Å². The number of para-hydroxylation sites is 1. The van der Waals surface area contributed by atoms with Crippen LogP contribution < -0.4 is 0 Å². The maximum absolute atomic E-state index is 10.1. The molecule has 84 valence electrons. The fourth-order valence-electron chi connectivity index (χ4n) is 1.95. The van der Waals surface area contributed by atoms with Crippen molar-refractivity contribution in [2.24, 2.45) is 0 Å². The molecule has 0 spiro atoms. The van der Waals surface area contributed by atoms with E-state index in [1.165, 1.54) is 0 Å². The van der Waals surface area contributed by atoms with Crippen LogP contribution in [0.25, 0.3) is 5.69 Å². The Morgan fingerprint density at radius 1 is 1.19 bits per heavy atom. The zero-order valence-electron chi connectivity index (χ0n) is 9.81. The number of benzene rings is 1. The zero-order chi connectivity index (χ0) is 11.7. The monoisotopic (exact) mass is 216 g/mol. The molecule has 0 aliphatic heterocycles. The Hall–Kier alpha value is -1.77. The van der Waals surface area contributed by atoms with E-state index in [0.717, 1.165) is 16.9 Å². The molecule has 0 aliphatic rings. The summed E-state index contributed by atoms with van der Waals surface area (Å²) in [6.07, 6.45) is 0. The number of rotatable bonds is 2. The fraction of sp³-hybridized carbons (Fsp3) is 0.308. The highest BCUT2D eigenvalue weighted by molar-refractivity contribution is 5.41. The zero-order valence-corrected chi connectivity index (χ0v) is 9.81. The van der Waals surface area contributed by atoms with Crippen LogP contribution in [-0.2, 0) is 0 Å². The largest absolute Gasteiger partial charge is 0.493 e. The van der Waals surface area contributed by atoms with Crippen molar-refractivity contribution in [3.05, 3.63) is 41.6 Å². The number of hydrogen-bond donors (Lipinski definition) is 1. The summed E-state index contributed by atoms with van der Waals surface area (Å²) in [4.78, 5) is 0. The lowest BCUT2D eigenvalue weighted by Gasteiger charge is -2.05. The maximum atomic E-state index is 10.1. The van der Waals surface area contributed by atoms with Gasteiger partial charge in [-0.2, -0.15) is 5.10 Å². The normalized spacial score (nSPS) is 11.0. The van der Waals surface area contributed by atoms with Crippen molar-refractivity contribution in [1.82, 2.24) is 9.78 Å². The van der Waals surface area contributed by atoms with Gasteiger partial charge in [-0.15, -0.1) is 0 Å². The molecule has 0 aliphatic carbocycles. The third-order valence-corrected chi connectivity index (χ3v) is 2.66. The Kier molecular flexibility index (Phi) is 2.69. The van der Waals surface area contributed by atoms with Crippen molar-refractivity contribution >= 4 is 0 Å². The van der Waals surface area contributed by atoms with Crippen molar-refractivity contribution in [2.45, 2.75) is 26.7 Å². The van der Waals surface area contributed by atoms with E-state index in [0.29, 0.717) is 0 Å². The van der Waals surface area contributed by atoms with Crippen LogP contribution in [0.15, 0.2) is 30.3 Å². The minimum atomic E-state index is 0.249. The summed E-state index contributed by atoms with van der Waals surface area (Å²) < 4.78 is 1.59. The second-order valence-corrected chi connectivity index (χ2v) is 4.22. The van der Waals surface area contributed by atoms with Crippen molar-refractivity contribution in [2.75, 3.05) is 0 Å². The van der Waals surface area contributed by atoms with Gasteiger partial charge >= 0.3 is 0 Å².